The van der Waals surface area contributed by atoms with Crippen LogP contribution in [0.1, 0.15) is 59.3 Å². The minimum absolute atomic E-state index is 0.470. The van der Waals surface area contributed by atoms with Crippen molar-refractivity contribution < 1.29 is 0 Å². The Labute approximate surface area is 101 Å². The second-order valence-electron chi connectivity index (χ2n) is 6.40. The summed E-state index contributed by atoms with van der Waals surface area (Å²) in [5, 5.41) is 0. The molecule has 2 nitrogen and oxygen atoms in total. The molecule has 2 fully saturated rings. The number of nitrogens with zero attached hydrogens (tertiary/aromatic N) is 1. The monoisotopic (exact) mass is 224 g/mol. The number of hydrogen-bond donors (Lipinski definition) is 1. The molecule has 2 N–H and O–H groups in total. The van der Waals surface area contributed by atoms with Gasteiger partial charge in [-0.25, -0.2) is 0 Å². The van der Waals surface area contributed by atoms with Crippen LogP contribution in [-0.2, 0) is 0 Å². The molecule has 16 heavy (non-hydrogen) atoms. The first-order valence-corrected chi connectivity index (χ1v) is 7.11. The van der Waals surface area contributed by atoms with Crippen molar-refractivity contribution in [1.29, 1.82) is 0 Å². The van der Waals surface area contributed by atoms with Gasteiger partial charge in [0.25, 0.3) is 0 Å². The van der Waals surface area contributed by atoms with Gasteiger partial charge in [0, 0.05) is 24.2 Å². The Morgan fingerprint density at radius 2 is 1.69 bits per heavy atom. The van der Waals surface area contributed by atoms with Crippen LogP contribution in [0, 0.1) is 5.92 Å². The summed E-state index contributed by atoms with van der Waals surface area (Å²) in [5.74, 6) is 0.811. The maximum atomic E-state index is 6.16. The lowest BCUT2D eigenvalue weighted by atomic mass is 9.80. The van der Waals surface area contributed by atoms with E-state index in [9.17, 15) is 0 Å². The largest absolute Gasteiger partial charge is 0.328 e. The van der Waals surface area contributed by atoms with Gasteiger partial charge in [-0.3, -0.25) is 4.90 Å². The molecule has 2 bridgehead atoms. The zero-order valence-electron chi connectivity index (χ0n) is 11.2. The van der Waals surface area contributed by atoms with E-state index < -0.39 is 0 Å². The van der Waals surface area contributed by atoms with Gasteiger partial charge in [0.05, 0.1) is 0 Å². The van der Waals surface area contributed by atoms with Crippen LogP contribution in [0.5, 0.6) is 0 Å². The predicted octanol–water partition coefficient (Wildman–Crippen LogP) is 2.77. The zero-order valence-corrected chi connectivity index (χ0v) is 11.2. The zero-order chi connectivity index (χ0) is 11.7. The molecular formula is C14H28N2. The summed E-state index contributed by atoms with van der Waals surface area (Å²) in [4.78, 5) is 2.81. The fourth-order valence-electron chi connectivity index (χ4n) is 3.98. The number of fused-ring (bicyclic) bond motifs is 2. The van der Waals surface area contributed by atoms with Crippen molar-refractivity contribution in [2.45, 2.75) is 83.5 Å². The Morgan fingerprint density at radius 1 is 1.12 bits per heavy atom. The van der Waals surface area contributed by atoms with E-state index in [4.69, 9.17) is 5.73 Å². The van der Waals surface area contributed by atoms with Crippen LogP contribution in [0.4, 0.5) is 0 Å². The van der Waals surface area contributed by atoms with Crippen LogP contribution in [0.15, 0.2) is 0 Å². The molecule has 2 heteroatoms. The highest BCUT2D eigenvalue weighted by Gasteiger charge is 2.39. The molecule has 2 aliphatic rings. The van der Waals surface area contributed by atoms with E-state index in [1.807, 2.05) is 0 Å². The maximum Gasteiger partial charge on any atom is 0.0116 e. The van der Waals surface area contributed by atoms with Gasteiger partial charge < -0.3 is 5.73 Å². The van der Waals surface area contributed by atoms with Gasteiger partial charge in [0.2, 0.25) is 0 Å². The molecule has 0 radical (unpaired) electrons. The van der Waals surface area contributed by atoms with Crippen LogP contribution in [0.3, 0.4) is 0 Å². The van der Waals surface area contributed by atoms with Crippen LogP contribution in [0.2, 0.25) is 0 Å². The third-order valence-corrected chi connectivity index (χ3v) is 4.39. The lowest BCUT2D eigenvalue weighted by Gasteiger charge is -2.51. The Balaban J connectivity index is 2.02. The minimum atomic E-state index is 0.470. The minimum Gasteiger partial charge on any atom is -0.328 e. The van der Waals surface area contributed by atoms with Crippen LogP contribution in [-0.4, -0.2) is 29.1 Å². The summed E-state index contributed by atoms with van der Waals surface area (Å²) in [6, 6.07) is 2.80. The third-order valence-electron chi connectivity index (χ3n) is 4.39. The summed E-state index contributed by atoms with van der Waals surface area (Å²) in [6.45, 7) is 7.09. The average Bonchev–Trinajstić information content (AvgIpc) is 2.14. The summed E-state index contributed by atoms with van der Waals surface area (Å²) in [5.41, 5.74) is 6.16. The molecule has 0 aliphatic carbocycles. The molecule has 2 rings (SSSR count). The second kappa shape index (κ2) is 5.05. The molecule has 2 heterocycles. The highest BCUT2D eigenvalue weighted by atomic mass is 15.2. The van der Waals surface area contributed by atoms with Gasteiger partial charge in [0.1, 0.15) is 0 Å². The van der Waals surface area contributed by atoms with E-state index in [1.54, 1.807) is 0 Å². The SMILES string of the molecule is CC(C)CC(C)N1C2CCCC1CC(N)C2. The Kier molecular flexibility index (Phi) is 3.91. The Bertz CT molecular complexity index is 213. The Hall–Kier alpha value is -0.0800. The molecule has 0 aromatic heterocycles. The number of rotatable bonds is 3. The van der Waals surface area contributed by atoms with E-state index in [2.05, 4.69) is 25.7 Å². The second-order valence-corrected chi connectivity index (χ2v) is 6.40. The predicted molar refractivity (Wildman–Crippen MR) is 69.4 cm³/mol. The van der Waals surface area contributed by atoms with E-state index in [0.29, 0.717) is 6.04 Å². The third kappa shape index (κ3) is 2.60. The molecule has 94 valence electrons. The van der Waals surface area contributed by atoms with Gasteiger partial charge >= 0.3 is 0 Å². The number of nitrogens with two attached hydrogens (primary N) is 1. The molecule has 0 spiro atoms. The van der Waals surface area contributed by atoms with E-state index >= 15 is 0 Å². The van der Waals surface area contributed by atoms with E-state index in [-0.39, 0.29) is 0 Å². The first kappa shape index (κ1) is 12.4. The fourth-order valence-corrected chi connectivity index (χ4v) is 3.98. The highest BCUT2D eigenvalue weighted by molar-refractivity contribution is 4.96. The Morgan fingerprint density at radius 3 is 2.19 bits per heavy atom. The fraction of sp³-hybridized carbons (Fsp3) is 1.00. The highest BCUT2D eigenvalue weighted by Crippen LogP contribution is 2.36. The van der Waals surface area contributed by atoms with Crippen LogP contribution >= 0.6 is 0 Å². The van der Waals surface area contributed by atoms with E-state index in [0.717, 1.165) is 24.0 Å². The quantitative estimate of drug-likeness (QED) is 0.798. The van der Waals surface area contributed by atoms with Gasteiger partial charge in [-0.1, -0.05) is 20.3 Å². The van der Waals surface area contributed by atoms with Crippen molar-refractivity contribution >= 4 is 0 Å². The van der Waals surface area contributed by atoms with Gasteiger partial charge in [-0.15, -0.1) is 0 Å². The topological polar surface area (TPSA) is 29.3 Å². The molecule has 2 aliphatic heterocycles. The summed E-state index contributed by atoms with van der Waals surface area (Å²) >= 11 is 0. The van der Waals surface area contributed by atoms with Crippen molar-refractivity contribution in [2.75, 3.05) is 0 Å². The molecule has 0 aromatic carbocycles. The lowest BCUT2D eigenvalue weighted by molar-refractivity contribution is -0.00561. The summed E-state index contributed by atoms with van der Waals surface area (Å²) in [7, 11) is 0. The van der Waals surface area contributed by atoms with Crippen LogP contribution < -0.4 is 5.73 Å². The standard InChI is InChI=1S/C14H28N2/c1-10(2)7-11(3)16-13-5-4-6-14(16)9-12(15)8-13/h10-14H,4-9,15H2,1-3H3. The average molecular weight is 224 g/mol. The molecule has 3 atom stereocenters. The number of piperidine rings is 2. The van der Waals surface area contributed by atoms with Crippen LogP contribution in [0.25, 0.3) is 0 Å². The first-order chi connectivity index (χ1) is 7.58. The summed E-state index contributed by atoms with van der Waals surface area (Å²) in [6.07, 6.45) is 7.99. The normalized spacial score (nSPS) is 37.7. The smallest absolute Gasteiger partial charge is 0.0116 e. The van der Waals surface area contributed by atoms with Gasteiger partial charge in [-0.05, 0) is 44.9 Å². The maximum absolute atomic E-state index is 6.16. The molecule has 0 aromatic rings. The van der Waals surface area contributed by atoms with Crippen molar-refractivity contribution in [1.82, 2.24) is 4.90 Å². The van der Waals surface area contributed by atoms with Crippen molar-refractivity contribution in [3.05, 3.63) is 0 Å². The van der Waals surface area contributed by atoms with Gasteiger partial charge in [-0.2, -0.15) is 0 Å². The van der Waals surface area contributed by atoms with E-state index in [1.165, 1.54) is 38.5 Å². The summed E-state index contributed by atoms with van der Waals surface area (Å²) < 4.78 is 0. The van der Waals surface area contributed by atoms with Crippen molar-refractivity contribution in [2.24, 2.45) is 11.7 Å². The van der Waals surface area contributed by atoms with Gasteiger partial charge in [0.15, 0.2) is 0 Å². The molecule has 0 saturated carbocycles. The number of hydrogen-bond acceptors (Lipinski definition) is 2. The first-order valence-electron chi connectivity index (χ1n) is 7.11. The molecular weight excluding hydrogens is 196 g/mol. The lowest BCUT2D eigenvalue weighted by Crippen LogP contribution is -2.58. The molecule has 0 amide bonds. The van der Waals surface area contributed by atoms with Crippen molar-refractivity contribution in [3.63, 3.8) is 0 Å². The van der Waals surface area contributed by atoms with Crippen molar-refractivity contribution in [3.8, 4) is 0 Å². The molecule has 3 unspecified atom stereocenters. The molecule has 2 saturated heterocycles.